The molecule has 1 rings (SSSR count). The van der Waals surface area contributed by atoms with Crippen LogP contribution in [0.3, 0.4) is 0 Å². The van der Waals surface area contributed by atoms with Gasteiger partial charge in [0.15, 0.2) is 0 Å². The molecular formula is C17H24O4. The fourth-order valence-electron chi connectivity index (χ4n) is 2.55. The minimum atomic E-state index is -1.06. The second-order valence-corrected chi connectivity index (χ2v) is 5.04. The van der Waals surface area contributed by atoms with Gasteiger partial charge in [-0.05, 0) is 55.9 Å². The number of aromatic carboxylic acids is 1. The first-order valence-corrected chi connectivity index (χ1v) is 7.53. The van der Waals surface area contributed by atoms with E-state index in [9.17, 15) is 14.7 Å². The number of carboxylic acids is 1. The molecule has 0 atom stereocenters. The standard InChI is InChI=1S/C17H24O4/c1-5-8-9-13-11(4)12(6-2)10-14(15(13)16(18)19)17(20)21-7-3/h10H,5-9H2,1-4H3,(H,18,19). The number of unbranched alkanes of at least 4 members (excludes halogenated alkanes) is 1. The molecular weight excluding hydrogens is 268 g/mol. The fourth-order valence-corrected chi connectivity index (χ4v) is 2.55. The monoisotopic (exact) mass is 292 g/mol. The number of carbonyl (C=O) groups excluding carboxylic acids is 1. The van der Waals surface area contributed by atoms with Crippen molar-refractivity contribution in [2.45, 2.75) is 53.4 Å². The van der Waals surface area contributed by atoms with Gasteiger partial charge in [-0.3, -0.25) is 0 Å². The van der Waals surface area contributed by atoms with Crippen molar-refractivity contribution in [1.82, 2.24) is 0 Å². The summed E-state index contributed by atoms with van der Waals surface area (Å²) in [7, 11) is 0. The van der Waals surface area contributed by atoms with E-state index >= 15 is 0 Å². The molecule has 0 radical (unpaired) electrons. The summed E-state index contributed by atoms with van der Waals surface area (Å²) in [5, 5.41) is 9.54. The van der Waals surface area contributed by atoms with Crippen LogP contribution in [-0.2, 0) is 17.6 Å². The highest BCUT2D eigenvalue weighted by molar-refractivity contribution is 6.04. The lowest BCUT2D eigenvalue weighted by atomic mass is 9.88. The van der Waals surface area contributed by atoms with Gasteiger partial charge in [-0.15, -0.1) is 0 Å². The molecule has 116 valence electrons. The van der Waals surface area contributed by atoms with E-state index in [2.05, 4.69) is 6.92 Å². The van der Waals surface area contributed by atoms with Crippen molar-refractivity contribution in [2.75, 3.05) is 6.61 Å². The molecule has 0 aliphatic rings. The second-order valence-electron chi connectivity index (χ2n) is 5.04. The number of carboxylic acid groups (broad SMARTS) is 1. The van der Waals surface area contributed by atoms with Gasteiger partial charge in [0.2, 0.25) is 0 Å². The van der Waals surface area contributed by atoms with Crippen molar-refractivity contribution < 1.29 is 19.4 Å². The van der Waals surface area contributed by atoms with E-state index in [1.165, 1.54) is 0 Å². The predicted molar refractivity (Wildman–Crippen MR) is 82.1 cm³/mol. The van der Waals surface area contributed by atoms with Crippen molar-refractivity contribution >= 4 is 11.9 Å². The van der Waals surface area contributed by atoms with Gasteiger partial charge in [0.05, 0.1) is 17.7 Å². The molecule has 0 saturated heterocycles. The lowest BCUT2D eigenvalue weighted by molar-refractivity contribution is 0.0514. The topological polar surface area (TPSA) is 63.6 Å². The highest BCUT2D eigenvalue weighted by atomic mass is 16.5. The van der Waals surface area contributed by atoms with Crippen LogP contribution in [0.25, 0.3) is 0 Å². The van der Waals surface area contributed by atoms with E-state index in [-0.39, 0.29) is 17.7 Å². The molecule has 0 bridgehead atoms. The summed E-state index contributed by atoms with van der Waals surface area (Å²) in [5.74, 6) is -1.61. The maximum absolute atomic E-state index is 12.1. The van der Waals surface area contributed by atoms with Crippen LogP contribution in [0, 0.1) is 6.92 Å². The number of esters is 1. The maximum Gasteiger partial charge on any atom is 0.339 e. The Morgan fingerprint density at radius 1 is 1.24 bits per heavy atom. The van der Waals surface area contributed by atoms with Gasteiger partial charge in [-0.1, -0.05) is 20.3 Å². The van der Waals surface area contributed by atoms with Crippen molar-refractivity contribution in [3.63, 3.8) is 0 Å². The molecule has 0 aromatic heterocycles. The van der Waals surface area contributed by atoms with E-state index in [0.717, 1.165) is 36.0 Å². The third-order valence-electron chi connectivity index (χ3n) is 3.69. The lowest BCUT2D eigenvalue weighted by Crippen LogP contribution is -2.17. The van der Waals surface area contributed by atoms with Gasteiger partial charge in [0.1, 0.15) is 0 Å². The summed E-state index contributed by atoms with van der Waals surface area (Å²) < 4.78 is 5.02. The highest BCUT2D eigenvalue weighted by Gasteiger charge is 2.24. The minimum absolute atomic E-state index is 0.108. The maximum atomic E-state index is 12.1. The normalized spacial score (nSPS) is 10.5. The molecule has 1 aromatic rings. The van der Waals surface area contributed by atoms with E-state index in [1.807, 2.05) is 13.8 Å². The number of benzene rings is 1. The van der Waals surface area contributed by atoms with Gasteiger partial charge >= 0.3 is 11.9 Å². The SMILES string of the molecule is CCCCc1c(C)c(CC)cc(C(=O)OCC)c1C(=O)O. The molecule has 21 heavy (non-hydrogen) atoms. The third-order valence-corrected chi connectivity index (χ3v) is 3.69. The van der Waals surface area contributed by atoms with Crippen molar-refractivity contribution in [3.05, 3.63) is 33.9 Å². The molecule has 4 heteroatoms. The average molecular weight is 292 g/mol. The summed E-state index contributed by atoms with van der Waals surface area (Å²) in [4.78, 5) is 23.7. The van der Waals surface area contributed by atoms with Crippen LogP contribution in [0.5, 0.6) is 0 Å². The predicted octanol–water partition coefficient (Wildman–Crippen LogP) is 3.77. The van der Waals surface area contributed by atoms with Crippen LogP contribution in [0.15, 0.2) is 6.07 Å². The smallest absolute Gasteiger partial charge is 0.339 e. The van der Waals surface area contributed by atoms with Gasteiger partial charge in [0.25, 0.3) is 0 Å². The van der Waals surface area contributed by atoms with Gasteiger partial charge < -0.3 is 9.84 Å². The number of carbonyl (C=O) groups is 2. The summed E-state index contributed by atoms with van der Waals surface area (Å²) in [5.41, 5.74) is 3.05. The number of rotatable bonds is 7. The van der Waals surface area contributed by atoms with Crippen LogP contribution < -0.4 is 0 Å². The summed E-state index contributed by atoms with van der Waals surface area (Å²) in [6.07, 6.45) is 3.31. The molecule has 0 spiro atoms. The summed E-state index contributed by atoms with van der Waals surface area (Å²) >= 11 is 0. The Labute approximate surface area is 126 Å². The summed E-state index contributed by atoms with van der Waals surface area (Å²) in [6, 6.07) is 1.67. The van der Waals surface area contributed by atoms with Crippen LogP contribution >= 0.6 is 0 Å². The van der Waals surface area contributed by atoms with Crippen molar-refractivity contribution in [1.29, 1.82) is 0 Å². The number of ether oxygens (including phenoxy) is 1. The fraction of sp³-hybridized carbons (Fsp3) is 0.529. The molecule has 1 aromatic carbocycles. The zero-order valence-electron chi connectivity index (χ0n) is 13.3. The Bertz CT molecular complexity index is 532. The van der Waals surface area contributed by atoms with Crippen LogP contribution in [0.1, 0.15) is 71.0 Å². The van der Waals surface area contributed by atoms with E-state index in [1.54, 1.807) is 13.0 Å². The minimum Gasteiger partial charge on any atom is -0.478 e. The quantitative estimate of drug-likeness (QED) is 0.777. The molecule has 0 heterocycles. The highest BCUT2D eigenvalue weighted by Crippen LogP contribution is 2.26. The van der Waals surface area contributed by atoms with Gasteiger partial charge in [0, 0.05) is 0 Å². The zero-order chi connectivity index (χ0) is 16.0. The lowest BCUT2D eigenvalue weighted by Gasteiger charge is -2.17. The van der Waals surface area contributed by atoms with Crippen LogP contribution in [0.4, 0.5) is 0 Å². The Morgan fingerprint density at radius 3 is 2.38 bits per heavy atom. The largest absolute Gasteiger partial charge is 0.478 e. The van der Waals surface area contributed by atoms with Crippen LogP contribution in [0.2, 0.25) is 0 Å². The zero-order valence-corrected chi connectivity index (χ0v) is 13.3. The Balaban J connectivity index is 3.53. The van der Waals surface area contributed by atoms with E-state index in [4.69, 9.17) is 4.74 Å². The molecule has 0 aliphatic carbocycles. The van der Waals surface area contributed by atoms with Gasteiger partial charge in [-0.25, -0.2) is 9.59 Å². The first-order valence-electron chi connectivity index (χ1n) is 7.53. The third kappa shape index (κ3) is 3.84. The molecule has 0 saturated carbocycles. The molecule has 4 nitrogen and oxygen atoms in total. The molecule has 0 aliphatic heterocycles. The number of hydrogen-bond acceptors (Lipinski definition) is 3. The average Bonchev–Trinajstić information content (AvgIpc) is 2.45. The molecule has 0 unspecified atom stereocenters. The van der Waals surface area contributed by atoms with E-state index in [0.29, 0.717) is 6.42 Å². The van der Waals surface area contributed by atoms with Crippen molar-refractivity contribution in [2.24, 2.45) is 0 Å². The van der Waals surface area contributed by atoms with Crippen LogP contribution in [-0.4, -0.2) is 23.7 Å². The second kappa shape index (κ2) is 7.81. The van der Waals surface area contributed by atoms with E-state index < -0.39 is 11.9 Å². The number of hydrogen-bond donors (Lipinski definition) is 1. The van der Waals surface area contributed by atoms with Crippen molar-refractivity contribution in [3.8, 4) is 0 Å². The van der Waals surface area contributed by atoms with Gasteiger partial charge in [-0.2, -0.15) is 0 Å². The Kier molecular flexibility index (Phi) is 6.40. The Hall–Kier alpha value is -1.84. The summed E-state index contributed by atoms with van der Waals surface area (Å²) in [6.45, 7) is 7.95. The first kappa shape index (κ1) is 17.2. The first-order chi connectivity index (χ1) is 9.97. The molecule has 1 N–H and O–H groups in total. The number of aryl methyl sites for hydroxylation is 1. The molecule has 0 amide bonds. The Morgan fingerprint density at radius 2 is 1.90 bits per heavy atom. The molecule has 0 fully saturated rings.